The molecule has 2 aliphatic carbocycles. The molecule has 0 aliphatic heterocycles. The Kier molecular flexibility index (Phi) is 7.01. The Labute approximate surface area is 329 Å². The first-order valence-corrected chi connectivity index (χ1v) is 19.8. The summed E-state index contributed by atoms with van der Waals surface area (Å²) in [4.78, 5) is 4.79. The Balaban J connectivity index is 1.12. The van der Waals surface area contributed by atoms with Crippen LogP contribution in [0.5, 0.6) is 0 Å². The van der Waals surface area contributed by atoms with E-state index in [0.717, 1.165) is 5.39 Å². The number of benzene rings is 8. The Morgan fingerprint density at radius 3 is 1.20 bits per heavy atom. The number of rotatable bonds is 4. The maximum absolute atomic E-state index is 4.79. The summed E-state index contributed by atoms with van der Waals surface area (Å²) >= 11 is 0. The van der Waals surface area contributed by atoms with Crippen LogP contribution in [0.2, 0.25) is 0 Å². The zero-order valence-corrected chi connectivity index (χ0v) is 32.2. The van der Waals surface area contributed by atoms with Crippen molar-refractivity contribution < 1.29 is 0 Å². The van der Waals surface area contributed by atoms with Gasteiger partial charge in [-0.25, -0.2) is 0 Å². The number of fused-ring (bicyclic) bond motifs is 8. The summed E-state index contributed by atoms with van der Waals surface area (Å²) in [5.74, 6) is 0. The van der Waals surface area contributed by atoms with Crippen LogP contribution in [0.1, 0.15) is 49.9 Å². The number of hydrogen-bond donors (Lipinski definition) is 0. The molecule has 8 aromatic carbocycles. The van der Waals surface area contributed by atoms with E-state index in [1.165, 1.54) is 105 Å². The molecule has 2 aliphatic rings. The standard InChI is InChI=1S/C55H41N/c1-54(2)48-23-13-11-17-38(48)40-27-25-34(31-50(40)54)36-15-5-7-19-42(36)52-44-21-9-10-22-45(44)53(47-33-56-30-29-46(47)52)43-20-8-6-16-37(43)35-26-28-41-39-18-12-14-24-49(39)55(3,4)51(41)32-35/h5-33H,1-4H3. The van der Waals surface area contributed by atoms with Gasteiger partial charge in [0.2, 0.25) is 0 Å². The molecule has 1 heteroatoms. The monoisotopic (exact) mass is 715 g/mol. The topological polar surface area (TPSA) is 12.9 Å². The highest BCUT2D eigenvalue weighted by atomic mass is 14.6. The molecule has 0 radical (unpaired) electrons. The van der Waals surface area contributed by atoms with Crippen LogP contribution in [0.4, 0.5) is 0 Å². The number of pyridine rings is 1. The number of hydrogen-bond acceptors (Lipinski definition) is 1. The fraction of sp³-hybridized carbons (Fsp3) is 0.109. The van der Waals surface area contributed by atoms with Crippen LogP contribution in [0.25, 0.3) is 88.3 Å². The van der Waals surface area contributed by atoms with E-state index in [9.17, 15) is 0 Å². The van der Waals surface area contributed by atoms with Crippen molar-refractivity contribution in [2.45, 2.75) is 38.5 Å². The van der Waals surface area contributed by atoms with E-state index < -0.39 is 0 Å². The van der Waals surface area contributed by atoms with Gasteiger partial charge >= 0.3 is 0 Å². The molecule has 0 amide bonds. The molecular weight excluding hydrogens is 675 g/mol. The lowest BCUT2D eigenvalue weighted by atomic mass is 9.80. The second-order valence-corrected chi connectivity index (χ2v) is 16.7. The average Bonchev–Trinajstić information content (AvgIpc) is 3.61. The minimum Gasteiger partial charge on any atom is -0.264 e. The van der Waals surface area contributed by atoms with Crippen molar-refractivity contribution in [3.63, 3.8) is 0 Å². The quantitative estimate of drug-likeness (QED) is 0.165. The van der Waals surface area contributed by atoms with Crippen molar-refractivity contribution in [3.05, 3.63) is 198 Å². The minimum absolute atomic E-state index is 0.0739. The van der Waals surface area contributed by atoms with Crippen molar-refractivity contribution in [1.29, 1.82) is 0 Å². The second kappa shape index (κ2) is 12.0. The molecule has 0 unspecified atom stereocenters. The third-order valence-corrected chi connectivity index (χ3v) is 13.0. The van der Waals surface area contributed by atoms with Gasteiger partial charge in [-0.3, -0.25) is 4.98 Å². The molecule has 0 saturated heterocycles. The van der Waals surface area contributed by atoms with E-state index in [4.69, 9.17) is 4.98 Å². The maximum atomic E-state index is 4.79. The normalized spacial score (nSPS) is 14.4. The molecule has 56 heavy (non-hydrogen) atoms. The molecule has 0 atom stereocenters. The Hall–Kier alpha value is -6.57. The van der Waals surface area contributed by atoms with Crippen molar-refractivity contribution in [3.8, 4) is 66.8 Å². The van der Waals surface area contributed by atoms with E-state index in [-0.39, 0.29) is 10.8 Å². The molecule has 266 valence electrons. The molecule has 1 heterocycles. The lowest BCUT2D eigenvalue weighted by Gasteiger charge is -2.23. The van der Waals surface area contributed by atoms with Gasteiger partial charge in [-0.2, -0.15) is 0 Å². The molecule has 0 fully saturated rings. The summed E-state index contributed by atoms with van der Waals surface area (Å²) < 4.78 is 0. The summed E-state index contributed by atoms with van der Waals surface area (Å²) in [5, 5.41) is 4.82. The predicted octanol–water partition coefficient (Wildman–Crippen LogP) is 14.7. The van der Waals surface area contributed by atoms with Crippen LogP contribution in [-0.2, 0) is 10.8 Å². The van der Waals surface area contributed by atoms with Gasteiger partial charge in [0.25, 0.3) is 0 Å². The number of aromatic nitrogens is 1. The maximum Gasteiger partial charge on any atom is 0.0353 e. The van der Waals surface area contributed by atoms with Crippen LogP contribution >= 0.6 is 0 Å². The fourth-order valence-electron chi connectivity index (χ4n) is 10.3. The first kappa shape index (κ1) is 32.8. The summed E-state index contributed by atoms with van der Waals surface area (Å²) in [5.41, 5.74) is 20.6. The molecule has 1 nitrogen and oxygen atoms in total. The lowest BCUT2D eigenvalue weighted by Crippen LogP contribution is -2.14. The van der Waals surface area contributed by atoms with Gasteiger partial charge in [-0.1, -0.05) is 173 Å². The van der Waals surface area contributed by atoms with Gasteiger partial charge < -0.3 is 0 Å². The highest BCUT2D eigenvalue weighted by Crippen LogP contribution is 2.53. The minimum atomic E-state index is -0.0756. The van der Waals surface area contributed by atoms with Crippen LogP contribution in [0, 0.1) is 0 Å². The van der Waals surface area contributed by atoms with E-state index in [1.54, 1.807) is 0 Å². The summed E-state index contributed by atoms with van der Waals surface area (Å²) in [6, 6.07) is 61.1. The van der Waals surface area contributed by atoms with Crippen LogP contribution in [0.3, 0.4) is 0 Å². The molecule has 9 aromatic rings. The molecule has 0 saturated carbocycles. The number of nitrogens with zero attached hydrogens (tertiary/aromatic N) is 1. The molecular formula is C55H41N. The third kappa shape index (κ3) is 4.58. The Morgan fingerprint density at radius 1 is 0.321 bits per heavy atom. The van der Waals surface area contributed by atoms with Crippen LogP contribution in [-0.4, -0.2) is 4.98 Å². The summed E-state index contributed by atoms with van der Waals surface area (Å²) in [6.07, 6.45) is 4.03. The van der Waals surface area contributed by atoms with E-state index >= 15 is 0 Å². The molecule has 0 N–H and O–H groups in total. The molecule has 1 aromatic heterocycles. The van der Waals surface area contributed by atoms with Gasteiger partial charge in [0, 0.05) is 28.6 Å². The van der Waals surface area contributed by atoms with Gasteiger partial charge in [0.15, 0.2) is 0 Å². The largest absolute Gasteiger partial charge is 0.264 e. The first-order chi connectivity index (χ1) is 27.3. The highest BCUT2D eigenvalue weighted by Gasteiger charge is 2.37. The van der Waals surface area contributed by atoms with Crippen molar-refractivity contribution >= 4 is 21.5 Å². The third-order valence-electron chi connectivity index (χ3n) is 13.0. The van der Waals surface area contributed by atoms with Crippen molar-refractivity contribution in [2.24, 2.45) is 0 Å². The average molecular weight is 716 g/mol. The van der Waals surface area contributed by atoms with Gasteiger partial charge in [-0.05, 0) is 123 Å². The van der Waals surface area contributed by atoms with E-state index in [1.807, 2.05) is 6.20 Å². The second-order valence-electron chi connectivity index (χ2n) is 16.7. The predicted molar refractivity (Wildman–Crippen MR) is 236 cm³/mol. The smallest absolute Gasteiger partial charge is 0.0353 e. The summed E-state index contributed by atoms with van der Waals surface area (Å²) in [6.45, 7) is 9.44. The SMILES string of the molecule is CC1(C)c2ccccc2-c2ccc(-c3ccccc3-c3c4ccccc4c(-c4ccccc4-c4ccc5c(c4)C(C)(C)c4ccccc4-5)c4cnccc34)cc21. The molecule has 11 rings (SSSR count). The zero-order chi connectivity index (χ0) is 37.8. The van der Waals surface area contributed by atoms with Crippen molar-refractivity contribution in [1.82, 2.24) is 4.98 Å². The summed E-state index contributed by atoms with van der Waals surface area (Å²) in [7, 11) is 0. The van der Waals surface area contributed by atoms with E-state index in [0.29, 0.717) is 0 Å². The van der Waals surface area contributed by atoms with Crippen LogP contribution < -0.4 is 0 Å². The van der Waals surface area contributed by atoms with Gasteiger partial charge in [0.05, 0.1) is 0 Å². The van der Waals surface area contributed by atoms with E-state index in [2.05, 4.69) is 198 Å². The van der Waals surface area contributed by atoms with Crippen LogP contribution in [0.15, 0.2) is 176 Å². The first-order valence-electron chi connectivity index (χ1n) is 19.8. The van der Waals surface area contributed by atoms with Gasteiger partial charge in [0.1, 0.15) is 0 Å². The molecule has 0 spiro atoms. The lowest BCUT2D eigenvalue weighted by molar-refractivity contribution is 0.660. The zero-order valence-electron chi connectivity index (χ0n) is 32.2. The Bertz CT molecular complexity index is 2820. The fourth-order valence-corrected chi connectivity index (χ4v) is 10.3. The van der Waals surface area contributed by atoms with Gasteiger partial charge in [-0.15, -0.1) is 0 Å². The molecule has 0 bridgehead atoms. The highest BCUT2D eigenvalue weighted by molar-refractivity contribution is 6.23. The Morgan fingerprint density at radius 2 is 0.696 bits per heavy atom. The van der Waals surface area contributed by atoms with Crippen molar-refractivity contribution in [2.75, 3.05) is 0 Å².